The van der Waals surface area contributed by atoms with E-state index in [2.05, 4.69) is 30.0 Å². The number of aromatic nitrogens is 1. The first-order valence-electron chi connectivity index (χ1n) is 5.83. The van der Waals surface area contributed by atoms with Crippen LogP contribution >= 0.6 is 11.5 Å². The Morgan fingerprint density at radius 1 is 1.41 bits per heavy atom. The summed E-state index contributed by atoms with van der Waals surface area (Å²) in [5.41, 5.74) is 6.06. The fraction of sp³-hybridized carbons (Fsp3) is 0.750. The van der Waals surface area contributed by atoms with Crippen LogP contribution < -0.4 is 15.4 Å². The van der Waals surface area contributed by atoms with Crippen molar-refractivity contribution in [2.45, 2.75) is 40.7 Å². The molecule has 0 atom stereocenters. The second kappa shape index (κ2) is 5.12. The number of rotatable bonds is 4. The number of ether oxygens (including phenoxy) is 1. The summed E-state index contributed by atoms with van der Waals surface area (Å²) in [7, 11) is 2.05. The van der Waals surface area contributed by atoms with Crippen LogP contribution in [0.2, 0.25) is 0 Å². The van der Waals surface area contributed by atoms with E-state index in [4.69, 9.17) is 10.5 Å². The molecule has 0 saturated heterocycles. The summed E-state index contributed by atoms with van der Waals surface area (Å²) >= 11 is 1.39. The van der Waals surface area contributed by atoms with Crippen LogP contribution in [-0.2, 0) is 0 Å². The summed E-state index contributed by atoms with van der Waals surface area (Å²) in [6, 6.07) is 0. The van der Waals surface area contributed by atoms with Gasteiger partial charge in [-0.2, -0.15) is 4.37 Å². The maximum atomic E-state index is 5.84. The van der Waals surface area contributed by atoms with Crippen molar-refractivity contribution < 1.29 is 4.74 Å². The Bertz CT molecular complexity index is 368. The second-order valence-corrected chi connectivity index (χ2v) is 6.54. The molecule has 0 amide bonds. The van der Waals surface area contributed by atoms with Crippen molar-refractivity contribution in [3.8, 4) is 5.75 Å². The summed E-state index contributed by atoms with van der Waals surface area (Å²) in [6.07, 6.45) is 0.107. The summed E-state index contributed by atoms with van der Waals surface area (Å²) < 4.78 is 9.91. The lowest BCUT2D eigenvalue weighted by molar-refractivity contribution is 0.244. The molecule has 0 bridgehead atoms. The van der Waals surface area contributed by atoms with Crippen molar-refractivity contribution in [1.82, 2.24) is 4.37 Å². The third-order valence-electron chi connectivity index (χ3n) is 2.07. The molecule has 0 aliphatic carbocycles. The summed E-state index contributed by atoms with van der Waals surface area (Å²) in [5.74, 6) is 1.20. The quantitative estimate of drug-likeness (QED) is 0.901. The van der Waals surface area contributed by atoms with Gasteiger partial charge in [0, 0.05) is 13.6 Å². The highest BCUT2D eigenvalue weighted by Crippen LogP contribution is 2.39. The maximum absolute atomic E-state index is 5.84. The van der Waals surface area contributed by atoms with E-state index in [1.165, 1.54) is 11.5 Å². The minimum atomic E-state index is 0.107. The first-order valence-corrected chi connectivity index (χ1v) is 6.61. The lowest BCUT2D eigenvalue weighted by atomic mass is 9.96. The number of nitrogen functional groups attached to an aromatic ring is 1. The predicted octanol–water partition coefficient (Wildman–Crippen LogP) is 2.99. The van der Waals surface area contributed by atoms with Gasteiger partial charge in [0.1, 0.15) is 0 Å². The van der Waals surface area contributed by atoms with E-state index in [-0.39, 0.29) is 11.5 Å². The first-order chi connectivity index (χ1) is 7.70. The van der Waals surface area contributed by atoms with Gasteiger partial charge in [0.25, 0.3) is 0 Å². The van der Waals surface area contributed by atoms with Gasteiger partial charge < -0.3 is 15.4 Å². The molecule has 1 aromatic rings. The van der Waals surface area contributed by atoms with Gasteiger partial charge in [-0.15, -0.1) is 0 Å². The molecular weight excluding hydrogens is 234 g/mol. The van der Waals surface area contributed by atoms with Crippen LogP contribution in [0.1, 0.15) is 34.6 Å². The van der Waals surface area contributed by atoms with Gasteiger partial charge in [-0.05, 0) is 30.8 Å². The lowest BCUT2D eigenvalue weighted by Gasteiger charge is -2.27. The van der Waals surface area contributed by atoms with Crippen LogP contribution in [0, 0.1) is 5.41 Å². The van der Waals surface area contributed by atoms with Crippen LogP contribution in [0.15, 0.2) is 0 Å². The zero-order chi connectivity index (χ0) is 13.2. The number of nitrogens with two attached hydrogens (primary N) is 1. The van der Waals surface area contributed by atoms with E-state index in [1.807, 2.05) is 20.9 Å². The molecule has 17 heavy (non-hydrogen) atoms. The molecular formula is C12H23N3OS. The van der Waals surface area contributed by atoms with E-state index in [0.29, 0.717) is 5.82 Å². The van der Waals surface area contributed by atoms with Gasteiger partial charge in [-0.25, -0.2) is 0 Å². The molecule has 4 nitrogen and oxygen atoms in total. The Hall–Kier alpha value is -0.970. The molecule has 2 N–H and O–H groups in total. The van der Waals surface area contributed by atoms with Crippen molar-refractivity contribution in [3.05, 3.63) is 0 Å². The van der Waals surface area contributed by atoms with Crippen LogP contribution in [0.4, 0.5) is 10.8 Å². The fourth-order valence-corrected chi connectivity index (χ4v) is 2.36. The van der Waals surface area contributed by atoms with Crippen molar-refractivity contribution in [2.24, 2.45) is 5.41 Å². The standard InChI is InChI=1S/C12H23N3OS/c1-8(2)16-9-10(13)14-17-11(9)15(6)7-12(3,4)5/h8H,7H2,1-6H3,(H2,13,14). The van der Waals surface area contributed by atoms with E-state index in [9.17, 15) is 0 Å². The molecule has 5 heteroatoms. The zero-order valence-electron chi connectivity index (χ0n) is 11.6. The Balaban J connectivity index is 2.90. The van der Waals surface area contributed by atoms with E-state index < -0.39 is 0 Å². The topological polar surface area (TPSA) is 51.4 Å². The third kappa shape index (κ3) is 4.07. The van der Waals surface area contributed by atoms with Crippen molar-refractivity contribution in [3.63, 3.8) is 0 Å². The van der Waals surface area contributed by atoms with E-state index in [0.717, 1.165) is 17.3 Å². The smallest absolute Gasteiger partial charge is 0.198 e. The summed E-state index contributed by atoms with van der Waals surface area (Å²) in [4.78, 5) is 2.16. The Kier molecular flexibility index (Phi) is 4.25. The highest BCUT2D eigenvalue weighted by Gasteiger charge is 2.21. The second-order valence-electron chi connectivity index (χ2n) is 5.79. The summed E-state index contributed by atoms with van der Waals surface area (Å²) in [5, 5.41) is 1.01. The number of nitrogens with zero attached hydrogens (tertiary/aromatic N) is 2. The highest BCUT2D eigenvalue weighted by molar-refractivity contribution is 7.11. The van der Waals surface area contributed by atoms with Gasteiger partial charge in [-0.1, -0.05) is 20.8 Å². The van der Waals surface area contributed by atoms with Crippen molar-refractivity contribution >= 4 is 22.4 Å². The largest absolute Gasteiger partial charge is 0.484 e. The molecule has 0 radical (unpaired) electrons. The molecule has 1 aromatic heterocycles. The van der Waals surface area contributed by atoms with Gasteiger partial charge in [0.15, 0.2) is 16.6 Å². The Morgan fingerprint density at radius 2 is 2.00 bits per heavy atom. The minimum Gasteiger partial charge on any atom is -0.484 e. The lowest BCUT2D eigenvalue weighted by Crippen LogP contribution is -2.29. The predicted molar refractivity (Wildman–Crippen MR) is 75.0 cm³/mol. The Morgan fingerprint density at radius 3 is 2.47 bits per heavy atom. The first kappa shape index (κ1) is 14.1. The maximum Gasteiger partial charge on any atom is 0.198 e. The SMILES string of the molecule is CC(C)Oc1c(N)nsc1N(C)CC(C)(C)C. The molecule has 0 fully saturated rings. The van der Waals surface area contributed by atoms with Crippen LogP contribution in [0.5, 0.6) is 5.75 Å². The Labute approximate surface area is 108 Å². The molecule has 0 aromatic carbocycles. The van der Waals surface area contributed by atoms with E-state index in [1.54, 1.807) is 0 Å². The normalized spacial score (nSPS) is 11.9. The molecule has 98 valence electrons. The molecule has 0 saturated carbocycles. The number of hydrogen-bond acceptors (Lipinski definition) is 5. The van der Waals surface area contributed by atoms with Crippen LogP contribution in [0.3, 0.4) is 0 Å². The van der Waals surface area contributed by atoms with Gasteiger partial charge in [0.2, 0.25) is 0 Å². The van der Waals surface area contributed by atoms with Crippen LogP contribution in [-0.4, -0.2) is 24.1 Å². The van der Waals surface area contributed by atoms with Crippen molar-refractivity contribution in [1.29, 1.82) is 0 Å². The number of anilines is 2. The molecule has 0 aliphatic rings. The summed E-state index contributed by atoms with van der Waals surface area (Å²) in [6.45, 7) is 11.5. The zero-order valence-corrected chi connectivity index (χ0v) is 12.4. The molecule has 0 aliphatic heterocycles. The average molecular weight is 257 g/mol. The van der Waals surface area contributed by atoms with Gasteiger partial charge in [-0.3, -0.25) is 0 Å². The molecule has 0 unspecified atom stereocenters. The average Bonchev–Trinajstić information content (AvgIpc) is 2.44. The van der Waals surface area contributed by atoms with E-state index >= 15 is 0 Å². The van der Waals surface area contributed by atoms with Crippen LogP contribution in [0.25, 0.3) is 0 Å². The molecule has 1 rings (SSSR count). The highest BCUT2D eigenvalue weighted by atomic mass is 32.1. The monoisotopic (exact) mass is 257 g/mol. The molecule has 0 spiro atoms. The molecule has 1 heterocycles. The van der Waals surface area contributed by atoms with Gasteiger partial charge in [0.05, 0.1) is 6.10 Å². The number of hydrogen-bond donors (Lipinski definition) is 1. The van der Waals surface area contributed by atoms with Crippen molar-refractivity contribution in [2.75, 3.05) is 24.2 Å². The van der Waals surface area contributed by atoms with Gasteiger partial charge >= 0.3 is 0 Å². The minimum absolute atomic E-state index is 0.107. The third-order valence-corrected chi connectivity index (χ3v) is 3.03. The fourth-order valence-electron chi connectivity index (χ4n) is 1.66.